The van der Waals surface area contributed by atoms with Crippen LogP contribution < -0.4 is 5.32 Å². The average molecular weight is 312 g/mol. The van der Waals surface area contributed by atoms with E-state index in [1.807, 2.05) is 43.3 Å². The fourth-order valence-electron chi connectivity index (χ4n) is 2.10. The Labute approximate surface area is 132 Å². The minimum atomic E-state index is -0.0252. The second kappa shape index (κ2) is 6.58. The lowest BCUT2D eigenvalue weighted by atomic mass is 10.2. The number of benzene rings is 1. The molecule has 0 radical (unpaired) electrons. The van der Waals surface area contributed by atoms with Crippen LogP contribution in [0.5, 0.6) is 0 Å². The SMILES string of the molecule is Cc1nc(-c2ccccc2)sc1CC(=O)NCc1ccco1. The van der Waals surface area contributed by atoms with Gasteiger partial charge in [-0.15, -0.1) is 11.3 Å². The summed E-state index contributed by atoms with van der Waals surface area (Å²) in [6.07, 6.45) is 1.94. The van der Waals surface area contributed by atoms with E-state index in [1.165, 1.54) is 0 Å². The molecule has 0 saturated heterocycles. The Kier molecular flexibility index (Phi) is 4.34. The molecule has 2 heterocycles. The van der Waals surface area contributed by atoms with E-state index in [9.17, 15) is 4.79 Å². The summed E-state index contributed by atoms with van der Waals surface area (Å²) in [6, 6.07) is 13.7. The zero-order valence-corrected chi connectivity index (χ0v) is 13.0. The van der Waals surface area contributed by atoms with Crippen LogP contribution in [0.1, 0.15) is 16.3 Å². The quantitative estimate of drug-likeness (QED) is 0.783. The highest BCUT2D eigenvalue weighted by molar-refractivity contribution is 7.15. The van der Waals surface area contributed by atoms with Crippen molar-refractivity contribution in [1.82, 2.24) is 10.3 Å². The van der Waals surface area contributed by atoms with Crippen molar-refractivity contribution in [1.29, 1.82) is 0 Å². The van der Waals surface area contributed by atoms with Crippen LogP contribution in [0.2, 0.25) is 0 Å². The van der Waals surface area contributed by atoms with E-state index >= 15 is 0 Å². The van der Waals surface area contributed by atoms with Crippen molar-refractivity contribution >= 4 is 17.2 Å². The van der Waals surface area contributed by atoms with Gasteiger partial charge in [-0.2, -0.15) is 0 Å². The molecule has 1 amide bonds. The molecule has 4 nitrogen and oxygen atoms in total. The zero-order valence-electron chi connectivity index (χ0n) is 12.2. The van der Waals surface area contributed by atoms with Crippen LogP contribution in [0.3, 0.4) is 0 Å². The van der Waals surface area contributed by atoms with Crippen LogP contribution in [-0.2, 0) is 17.8 Å². The van der Waals surface area contributed by atoms with Gasteiger partial charge in [0.2, 0.25) is 5.91 Å². The maximum absolute atomic E-state index is 12.0. The third-order valence-electron chi connectivity index (χ3n) is 3.27. The number of hydrogen-bond donors (Lipinski definition) is 1. The lowest BCUT2D eigenvalue weighted by Crippen LogP contribution is -2.24. The summed E-state index contributed by atoms with van der Waals surface area (Å²) >= 11 is 1.57. The lowest BCUT2D eigenvalue weighted by molar-refractivity contribution is -0.120. The van der Waals surface area contributed by atoms with Gasteiger partial charge in [-0.25, -0.2) is 4.98 Å². The van der Waals surface area contributed by atoms with Crippen LogP contribution in [-0.4, -0.2) is 10.9 Å². The zero-order chi connectivity index (χ0) is 15.4. The predicted molar refractivity (Wildman–Crippen MR) is 86.5 cm³/mol. The Morgan fingerprint density at radius 3 is 2.77 bits per heavy atom. The lowest BCUT2D eigenvalue weighted by Gasteiger charge is -2.02. The summed E-state index contributed by atoms with van der Waals surface area (Å²) in [5.74, 6) is 0.724. The van der Waals surface area contributed by atoms with Crippen molar-refractivity contribution in [3.63, 3.8) is 0 Å². The van der Waals surface area contributed by atoms with E-state index in [2.05, 4.69) is 10.3 Å². The molecule has 3 aromatic rings. The number of amides is 1. The van der Waals surface area contributed by atoms with Gasteiger partial charge in [-0.3, -0.25) is 4.79 Å². The van der Waals surface area contributed by atoms with Gasteiger partial charge in [-0.1, -0.05) is 30.3 Å². The number of hydrogen-bond acceptors (Lipinski definition) is 4. The number of carbonyl (C=O) groups excluding carboxylic acids is 1. The molecule has 0 spiro atoms. The smallest absolute Gasteiger partial charge is 0.225 e. The molecule has 0 aliphatic carbocycles. The molecule has 0 fully saturated rings. The first kappa shape index (κ1) is 14.5. The highest BCUT2D eigenvalue weighted by Gasteiger charge is 2.13. The first-order valence-electron chi connectivity index (χ1n) is 7.03. The molecular formula is C17H16N2O2S. The van der Waals surface area contributed by atoms with E-state index in [0.717, 1.165) is 26.9 Å². The van der Waals surface area contributed by atoms with Crippen LogP contribution in [0.25, 0.3) is 10.6 Å². The summed E-state index contributed by atoms with van der Waals surface area (Å²) in [5, 5.41) is 3.81. The summed E-state index contributed by atoms with van der Waals surface area (Å²) in [6.45, 7) is 2.35. The third kappa shape index (κ3) is 3.43. The second-order valence-electron chi connectivity index (χ2n) is 4.93. The van der Waals surface area contributed by atoms with Crippen molar-refractivity contribution in [3.8, 4) is 10.6 Å². The number of thiazole rings is 1. The summed E-state index contributed by atoms with van der Waals surface area (Å²) in [4.78, 5) is 17.6. The van der Waals surface area contributed by atoms with Crippen molar-refractivity contribution < 1.29 is 9.21 Å². The second-order valence-corrected chi connectivity index (χ2v) is 6.01. The Balaban J connectivity index is 1.65. The van der Waals surface area contributed by atoms with Gasteiger partial charge in [-0.05, 0) is 19.1 Å². The molecule has 0 bridgehead atoms. The molecule has 5 heteroatoms. The van der Waals surface area contributed by atoms with E-state index in [4.69, 9.17) is 4.42 Å². The fraction of sp³-hybridized carbons (Fsp3) is 0.176. The topological polar surface area (TPSA) is 55.1 Å². The number of carbonyl (C=O) groups is 1. The van der Waals surface area contributed by atoms with Gasteiger partial charge < -0.3 is 9.73 Å². The minimum absolute atomic E-state index is 0.0252. The monoisotopic (exact) mass is 312 g/mol. The Morgan fingerprint density at radius 2 is 2.05 bits per heavy atom. The fourth-order valence-corrected chi connectivity index (χ4v) is 3.17. The molecule has 2 aromatic heterocycles. The summed E-state index contributed by atoms with van der Waals surface area (Å²) in [7, 11) is 0. The van der Waals surface area contributed by atoms with Crippen molar-refractivity contribution in [2.24, 2.45) is 0 Å². The van der Waals surface area contributed by atoms with E-state index < -0.39 is 0 Å². The number of furan rings is 1. The van der Waals surface area contributed by atoms with Crippen LogP contribution >= 0.6 is 11.3 Å². The molecule has 0 aliphatic heterocycles. The van der Waals surface area contributed by atoms with Crippen molar-refractivity contribution in [2.75, 3.05) is 0 Å². The molecule has 0 saturated carbocycles. The van der Waals surface area contributed by atoms with Gasteiger partial charge in [0.25, 0.3) is 0 Å². The average Bonchev–Trinajstić information content (AvgIpc) is 3.17. The van der Waals surface area contributed by atoms with Gasteiger partial charge in [0, 0.05) is 10.4 Å². The largest absolute Gasteiger partial charge is 0.467 e. The number of nitrogens with zero attached hydrogens (tertiary/aromatic N) is 1. The number of rotatable bonds is 5. The first-order valence-corrected chi connectivity index (χ1v) is 7.85. The molecule has 0 aliphatic rings. The summed E-state index contributed by atoms with van der Waals surface area (Å²) in [5.41, 5.74) is 2.00. The van der Waals surface area contributed by atoms with E-state index in [-0.39, 0.29) is 5.91 Å². The van der Waals surface area contributed by atoms with Gasteiger partial charge in [0.15, 0.2) is 0 Å². The number of aryl methyl sites for hydroxylation is 1. The standard InChI is InChI=1S/C17H16N2O2S/c1-12-15(10-16(20)18-11-14-8-5-9-21-14)22-17(19-12)13-6-3-2-4-7-13/h2-9H,10-11H2,1H3,(H,18,20). The molecule has 3 rings (SSSR count). The maximum Gasteiger partial charge on any atom is 0.225 e. The van der Waals surface area contributed by atoms with Gasteiger partial charge in [0.05, 0.1) is 24.9 Å². The normalized spacial score (nSPS) is 10.6. The van der Waals surface area contributed by atoms with Crippen molar-refractivity contribution in [2.45, 2.75) is 19.9 Å². The molecule has 112 valence electrons. The highest BCUT2D eigenvalue weighted by Crippen LogP contribution is 2.27. The van der Waals surface area contributed by atoms with Gasteiger partial charge >= 0.3 is 0 Å². The first-order chi connectivity index (χ1) is 10.7. The Bertz CT molecular complexity index is 748. The molecule has 0 unspecified atom stereocenters. The van der Waals surface area contributed by atoms with Crippen LogP contribution in [0, 0.1) is 6.92 Å². The molecule has 1 aromatic carbocycles. The Morgan fingerprint density at radius 1 is 1.23 bits per heavy atom. The van der Waals surface area contributed by atoms with Crippen LogP contribution in [0.4, 0.5) is 0 Å². The Hall–Kier alpha value is -2.40. The number of nitrogens with one attached hydrogen (secondary N) is 1. The summed E-state index contributed by atoms with van der Waals surface area (Å²) < 4.78 is 5.20. The molecule has 22 heavy (non-hydrogen) atoms. The van der Waals surface area contributed by atoms with E-state index in [1.54, 1.807) is 23.7 Å². The molecule has 0 atom stereocenters. The number of aromatic nitrogens is 1. The molecular weight excluding hydrogens is 296 g/mol. The van der Waals surface area contributed by atoms with E-state index in [0.29, 0.717) is 13.0 Å². The van der Waals surface area contributed by atoms with Crippen LogP contribution in [0.15, 0.2) is 53.1 Å². The van der Waals surface area contributed by atoms with Crippen molar-refractivity contribution in [3.05, 3.63) is 65.1 Å². The third-order valence-corrected chi connectivity index (χ3v) is 4.48. The maximum atomic E-state index is 12.0. The molecule has 1 N–H and O–H groups in total. The van der Waals surface area contributed by atoms with Gasteiger partial charge in [0.1, 0.15) is 10.8 Å². The predicted octanol–water partition coefficient (Wildman–Crippen LogP) is 3.57. The highest BCUT2D eigenvalue weighted by atomic mass is 32.1. The minimum Gasteiger partial charge on any atom is -0.467 e.